The average molecular weight is 909 g/mol. The Labute approximate surface area is 371 Å². The van der Waals surface area contributed by atoms with Crippen molar-refractivity contribution >= 4 is 58.9 Å². The zero-order chi connectivity index (χ0) is 45.8. The molecule has 3 saturated heterocycles. The Morgan fingerprint density at radius 2 is 1.27 bits per heavy atom. The van der Waals surface area contributed by atoms with Crippen LogP contribution in [0, 0.1) is 0 Å². The molecule has 19 nitrogen and oxygen atoms in total. The number of benzene rings is 3. The highest BCUT2D eigenvalue weighted by atomic mass is 35.5. The first-order valence-electron chi connectivity index (χ1n) is 20.2. The maximum Gasteiger partial charge on any atom is 0.303 e. The molecule has 0 spiro atoms. The van der Waals surface area contributed by atoms with Gasteiger partial charge in [0.2, 0.25) is 5.91 Å². The smallest absolute Gasteiger partial charge is 0.303 e. The molecule has 340 valence electrons. The number of halogens is 1. The van der Waals surface area contributed by atoms with Gasteiger partial charge in [0.1, 0.15) is 24.4 Å². The zero-order valence-corrected chi connectivity index (χ0v) is 35.9. The van der Waals surface area contributed by atoms with E-state index in [9.17, 15) is 33.6 Å². The first-order valence-corrected chi connectivity index (χ1v) is 20.6. The fraction of sp³-hybridized carbons (Fsp3) is 0.432. The highest BCUT2D eigenvalue weighted by molar-refractivity contribution is 6.33. The summed E-state index contributed by atoms with van der Waals surface area (Å²) in [6.07, 6.45) is -15.6. The molecule has 4 aliphatic rings. The molecule has 7 rings (SSSR count). The van der Waals surface area contributed by atoms with Crippen LogP contribution in [0.5, 0.6) is 0 Å². The van der Waals surface area contributed by atoms with Crippen molar-refractivity contribution in [1.29, 1.82) is 0 Å². The summed E-state index contributed by atoms with van der Waals surface area (Å²) in [7, 11) is 0. The van der Waals surface area contributed by atoms with Gasteiger partial charge in [0.15, 0.2) is 43.3 Å². The maximum absolute atomic E-state index is 13.8. The van der Waals surface area contributed by atoms with Crippen LogP contribution in [0.2, 0.25) is 5.02 Å². The SMILES string of the molecule is CC(=O)Nc1cc(CO[C@@H]2O[C@H](CN3C(=O)c4ccccc4C3=O)[C@@H](O[C@H]3O[C@@H]4COC(c5ccccc5)O[C@H]4[C@H](OC(C)=O)[C@H]3OC(C)=O)[C@H](OC(C)=O)[C@H]2OC(C)=O)ccc1Cl. The Morgan fingerprint density at radius 1 is 0.688 bits per heavy atom. The Bertz CT molecular complexity index is 2240. The number of hydrogen-bond acceptors (Lipinski definition) is 17. The molecule has 0 aliphatic carbocycles. The van der Waals surface area contributed by atoms with E-state index < -0.39 is 110 Å². The Kier molecular flexibility index (Phi) is 14.4. The number of rotatable bonds is 13. The lowest BCUT2D eigenvalue weighted by Gasteiger charge is -2.50. The Hall–Kier alpha value is -5.80. The standard InChI is InChI=1S/C44H45ClN2O17/c1-21(48)46-31-17-26(15-16-30(31)45)19-55-43-38(59-24(4)51)36(57-22(2)49)34(32(61-43)18-47-40(53)28-13-9-10-14-29(28)41(47)54)64-44-39(60-25(5)52)37(58-23(3)50)35-33(62-44)20-56-42(63-35)27-11-7-6-8-12-27/h6-17,32-39,42-44H,18-20H2,1-5H3,(H,46,48)/t32-,33-,34-,35-,36+,37+,38-,39-,42?,43-,44-/m1/s1. The van der Waals surface area contributed by atoms with Gasteiger partial charge >= 0.3 is 23.9 Å². The molecule has 3 fully saturated rings. The van der Waals surface area contributed by atoms with Crippen molar-refractivity contribution in [2.24, 2.45) is 0 Å². The van der Waals surface area contributed by atoms with Crippen molar-refractivity contribution < 1.29 is 80.9 Å². The zero-order valence-electron chi connectivity index (χ0n) is 35.2. The third-order valence-electron chi connectivity index (χ3n) is 10.4. The van der Waals surface area contributed by atoms with Crippen LogP contribution in [-0.2, 0) is 77.9 Å². The summed E-state index contributed by atoms with van der Waals surface area (Å²) in [5, 5.41) is 2.86. The van der Waals surface area contributed by atoms with Crippen LogP contribution >= 0.6 is 11.6 Å². The molecule has 1 N–H and O–H groups in total. The molecule has 0 radical (unpaired) electrons. The lowest BCUT2D eigenvalue weighted by Crippen LogP contribution is -2.68. The van der Waals surface area contributed by atoms with Crippen LogP contribution in [0.15, 0.2) is 72.8 Å². The number of amides is 3. The fourth-order valence-corrected chi connectivity index (χ4v) is 8.08. The van der Waals surface area contributed by atoms with Gasteiger partial charge in [-0.1, -0.05) is 60.1 Å². The van der Waals surface area contributed by atoms with Crippen molar-refractivity contribution in [2.45, 2.75) is 109 Å². The number of nitrogens with zero attached hydrogens (tertiary/aromatic N) is 1. The van der Waals surface area contributed by atoms with Crippen molar-refractivity contribution in [2.75, 3.05) is 18.5 Å². The highest BCUT2D eigenvalue weighted by Gasteiger charge is 2.58. The van der Waals surface area contributed by atoms with E-state index >= 15 is 0 Å². The van der Waals surface area contributed by atoms with E-state index in [1.54, 1.807) is 48.5 Å². The predicted octanol–water partition coefficient (Wildman–Crippen LogP) is 3.79. The van der Waals surface area contributed by atoms with E-state index in [1.807, 2.05) is 6.07 Å². The maximum atomic E-state index is 13.8. The summed E-state index contributed by atoms with van der Waals surface area (Å²) in [6, 6.07) is 19.7. The summed E-state index contributed by atoms with van der Waals surface area (Å²) < 4.78 is 61.2. The van der Waals surface area contributed by atoms with Crippen LogP contribution in [0.1, 0.15) is 72.8 Å². The number of anilines is 1. The predicted molar refractivity (Wildman–Crippen MR) is 217 cm³/mol. The minimum Gasteiger partial charge on any atom is -0.455 e. The topological polar surface area (TPSA) is 227 Å². The number of carbonyl (C=O) groups excluding carboxylic acids is 7. The number of ether oxygens (including phenoxy) is 10. The van der Waals surface area contributed by atoms with Crippen molar-refractivity contribution in [1.82, 2.24) is 4.90 Å². The van der Waals surface area contributed by atoms with Crippen LogP contribution in [0.3, 0.4) is 0 Å². The molecule has 3 aromatic carbocycles. The van der Waals surface area contributed by atoms with E-state index in [0.29, 0.717) is 11.1 Å². The van der Waals surface area contributed by atoms with E-state index in [0.717, 1.165) is 32.6 Å². The van der Waals surface area contributed by atoms with Crippen LogP contribution < -0.4 is 5.32 Å². The summed E-state index contributed by atoms with van der Waals surface area (Å²) in [5.74, 6) is -5.07. The number of nitrogens with one attached hydrogen (secondary N) is 1. The Balaban J connectivity index is 1.27. The van der Waals surface area contributed by atoms with Gasteiger partial charge in [0, 0.05) is 40.2 Å². The number of carbonyl (C=O) groups is 7. The van der Waals surface area contributed by atoms with E-state index in [-0.39, 0.29) is 41.0 Å². The van der Waals surface area contributed by atoms with Gasteiger partial charge in [-0.05, 0) is 29.8 Å². The molecule has 0 saturated carbocycles. The molecule has 11 atom stereocenters. The van der Waals surface area contributed by atoms with E-state index in [2.05, 4.69) is 5.32 Å². The normalized spacial score (nSPS) is 28.6. The van der Waals surface area contributed by atoms with Crippen LogP contribution in [-0.4, -0.2) is 121 Å². The molecular formula is C44H45ClN2O17. The second-order valence-electron chi connectivity index (χ2n) is 15.2. The molecule has 1 unspecified atom stereocenters. The van der Waals surface area contributed by atoms with Gasteiger partial charge in [0.25, 0.3) is 11.8 Å². The van der Waals surface area contributed by atoms with Gasteiger partial charge in [-0.2, -0.15) is 0 Å². The summed E-state index contributed by atoms with van der Waals surface area (Å²) in [6.45, 7) is 4.80. The van der Waals surface area contributed by atoms with Crippen molar-refractivity contribution in [3.05, 3.63) is 100 Å². The molecular weight excluding hydrogens is 864 g/mol. The monoisotopic (exact) mass is 908 g/mol. The Morgan fingerprint density at radius 3 is 1.88 bits per heavy atom. The quantitative estimate of drug-likeness (QED) is 0.146. The van der Waals surface area contributed by atoms with Gasteiger partial charge < -0.3 is 52.7 Å². The largest absolute Gasteiger partial charge is 0.455 e. The van der Waals surface area contributed by atoms with E-state index in [1.165, 1.54) is 25.1 Å². The first kappa shape index (κ1) is 46.2. The minimum absolute atomic E-state index is 0.118. The van der Waals surface area contributed by atoms with E-state index in [4.69, 9.17) is 59.0 Å². The molecule has 3 aromatic rings. The lowest BCUT2D eigenvalue weighted by atomic mass is 9.95. The fourth-order valence-electron chi connectivity index (χ4n) is 7.91. The molecule has 0 aromatic heterocycles. The van der Waals surface area contributed by atoms with Gasteiger partial charge in [-0.25, -0.2) is 0 Å². The second kappa shape index (κ2) is 19.9. The summed E-state index contributed by atoms with van der Waals surface area (Å²) >= 11 is 6.30. The number of esters is 4. The van der Waals surface area contributed by atoms with Crippen molar-refractivity contribution in [3.63, 3.8) is 0 Å². The van der Waals surface area contributed by atoms with Gasteiger partial charge in [-0.15, -0.1) is 0 Å². The van der Waals surface area contributed by atoms with Crippen molar-refractivity contribution in [3.8, 4) is 0 Å². The van der Waals surface area contributed by atoms with Crippen LogP contribution in [0.25, 0.3) is 0 Å². The molecule has 20 heteroatoms. The number of imide groups is 1. The molecule has 4 aliphatic heterocycles. The van der Waals surface area contributed by atoms with Crippen LogP contribution in [0.4, 0.5) is 5.69 Å². The number of hydrogen-bond donors (Lipinski definition) is 1. The molecule has 4 heterocycles. The summed E-state index contributed by atoms with van der Waals surface area (Å²) in [5.41, 5.74) is 1.62. The first-order chi connectivity index (χ1) is 30.6. The lowest BCUT2D eigenvalue weighted by molar-refractivity contribution is -0.385. The number of fused-ring (bicyclic) bond motifs is 2. The molecule has 0 bridgehead atoms. The molecule has 3 amide bonds. The van der Waals surface area contributed by atoms with Gasteiger partial charge in [-0.3, -0.25) is 38.5 Å². The second-order valence-corrected chi connectivity index (χ2v) is 15.6. The molecule has 64 heavy (non-hydrogen) atoms. The summed E-state index contributed by atoms with van der Waals surface area (Å²) in [4.78, 5) is 91.7. The third kappa shape index (κ3) is 10.4. The highest BCUT2D eigenvalue weighted by Crippen LogP contribution is 2.40. The minimum atomic E-state index is -1.69. The average Bonchev–Trinajstić information content (AvgIpc) is 3.48. The van der Waals surface area contributed by atoms with Gasteiger partial charge in [0.05, 0.1) is 41.6 Å². The third-order valence-corrected chi connectivity index (χ3v) is 10.8.